The van der Waals surface area contributed by atoms with E-state index in [4.69, 9.17) is 11.6 Å². The van der Waals surface area contributed by atoms with E-state index in [1.807, 2.05) is 0 Å². The van der Waals surface area contributed by atoms with Gasteiger partial charge in [-0.1, -0.05) is 0 Å². The van der Waals surface area contributed by atoms with Crippen LogP contribution in [0.3, 0.4) is 0 Å². The Morgan fingerprint density at radius 1 is 1.47 bits per heavy atom. The van der Waals surface area contributed by atoms with Crippen LogP contribution >= 0.6 is 11.6 Å². The Hall–Kier alpha value is -0.720. The molecule has 0 saturated carbocycles. The maximum Gasteiger partial charge on any atom is 0.244 e. The number of piperidine rings is 1. The normalized spacial score (nSPS) is 22.6. The molecule has 0 aromatic carbocycles. The molecular formula is C10H12ClFN2O2S. The Morgan fingerprint density at radius 3 is 2.88 bits per heavy atom. The Kier molecular flexibility index (Phi) is 3.65. The van der Waals surface area contributed by atoms with Crippen LogP contribution in [0.15, 0.2) is 23.4 Å². The third-order valence-electron chi connectivity index (χ3n) is 2.64. The minimum absolute atomic E-state index is 0.122. The van der Waals surface area contributed by atoms with E-state index in [9.17, 15) is 12.8 Å². The van der Waals surface area contributed by atoms with Crippen molar-refractivity contribution in [3.63, 3.8) is 0 Å². The summed E-state index contributed by atoms with van der Waals surface area (Å²) in [5.41, 5.74) is 0. The minimum atomic E-state index is -3.67. The van der Waals surface area contributed by atoms with Crippen LogP contribution in [0.4, 0.5) is 4.39 Å². The Balaban J connectivity index is 2.29. The van der Waals surface area contributed by atoms with E-state index in [0.717, 1.165) is 31.3 Å². The highest BCUT2D eigenvalue weighted by Gasteiger charge is 2.29. The summed E-state index contributed by atoms with van der Waals surface area (Å²) < 4.78 is 38.5. The van der Waals surface area contributed by atoms with Crippen LogP contribution in [0.1, 0.15) is 12.8 Å². The van der Waals surface area contributed by atoms with Gasteiger partial charge < -0.3 is 0 Å². The monoisotopic (exact) mass is 278 g/mol. The summed E-state index contributed by atoms with van der Waals surface area (Å²) in [5, 5.41) is -0.181. The van der Waals surface area contributed by atoms with Gasteiger partial charge in [-0.15, -0.1) is 11.6 Å². The molecule has 1 aromatic rings. The number of pyridine rings is 1. The zero-order valence-corrected chi connectivity index (χ0v) is 10.6. The highest BCUT2D eigenvalue weighted by atomic mass is 35.5. The smallest absolute Gasteiger partial charge is 0.244 e. The van der Waals surface area contributed by atoms with Gasteiger partial charge in [0.05, 0.1) is 6.20 Å². The van der Waals surface area contributed by atoms with Gasteiger partial charge in [0.15, 0.2) is 0 Å². The first-order valence-corrected chi connectivity index (χ1v) is 7.12. The molecule has 2 rings (SSSR count). The van der Waals surface area contributed by atoms with Crippen molar-refractivity contribution in [3.8, 4) is 0 Å². The van der Waals surface area contributed by atoms with Gasteiger partial charge in [-0.05, 0) is 18.9 Å². The predicted molar refractivity (Wildman–Crippen MR) is 61.8 cm³/mol. The number of sulfonamides is 1. The molecule has 0 aliphatic carbocycles. The van der Waals surface area contributed by atoms with Crippen molar-refractivity contribution in [2.24, 2.45) is 0 Å². The van der Waals surface area contributed by atoms with Crippen molar-refractivity contribution < 1.29 is 12.8 Å². The van der Waals surface area contributed by atoms with Crippen LogP contribution < -0.4 is 0 Å². The van der Waals surface area contributed by atoms with Gasteiger partial charge in [0.1, 0.15) is 10.7 Å². The SMILES string of the molecule is O=S(=O)(c1cncc(F)c1)N1CCC[C@H](Cl)C1. The summed E-state index contributed by atoms with van der Waals surface area (Å²) in [6.07, 6.45) is 3.64. The maximum atomic E-state index is 13.0. The number of nitrogens with zero attached hydrogens (tertiary/aromatic N) is 2. The first-order chi connectivity index (χ1) is 8.00. The van der Waals surface area contributed by atoms with E-state index < -0.39 is 15.8 Å². The number of hydrogen-bond donors (Lipinski definition) is 0. The number of alkyl halides is 1. The minimum Gasteiger partial charge on any atom is -0.260 e. The molecule has 1 aromatic heterocycles. The van der Waals surface area contributed by atoms with Crippen molar-refractivity contribution >= 4 is 21.6 Å². The molecule has 0 N–H and O–H groups in total. The molecule has 2 heterocycles. The van der Waals surface area contributed by atoms with E-state index in [2.05, 4.69) is 4.98 Å². The molecule has 94 valence electrons. The lowest BCUT2D eigenvalue weighted by Gasteiger charge is -2.28. The second-order valence-electron chi connectivity index (χ2n) is 3.94. The molecule has 0 amide bonds. The zero-order chi connectivity index (χ0) is 12.5. The second kappa shape index (κ2) is 4.88. The highest BCUT2D eigenvalue weighted by Crippen LogP contribution is 2.22. The average Bonchev–Trinajstić information content (AvgIpc) is 2.29. The molecule has 1 fully saturated rings. The highest BCUT2D eigenvalue weighted by molar-refractivity contribution is 7.89. The lowest BCUT2D eigenvalue weighted by molar-refractivity contribution is 0.350. The van der Waals surface area contributed by atoms with E-state index >= 15 is 0 Å². The summed E-state index contributed by atoms with van der Waals surface area (Å²) in [5.74, 6) is -0.662. The summed E-state index contributed by atoms with van der Waals surface area (Å²) in [6.45, 7) is 0.683. The molecule has 0 bridgehead atoms. The molecule has 4 nitrogen and oxygen atoms in total. The van der Waals surface area contributed by atoms with Crippen LogP contribution in [0, 0.1) is 5.82 Å². The van der Waals surface area contributed by atoms with Gasteiger partial charge in [0, 0.05) is 24.7 Å². The van der Waals surface area contributed by atoms with Gasteiger partial charge >= 0.3 is 0 Å². The number of rotatable bonds is 2. The Labute approximate surface area is 104 Å². The molecule has 7 heteroatoms. The van der Waals surface area contributed by atoms with Gasteiger partial charge in [-0.3, -0.25) is 4.98 Å². The lowest BCUT2D eigenvalue weighted by atomic mass is 10.2. The first kappa shape index (κ1) is 12.7. The Bertz CT molecular complexity index is 509. The predicted octanol–water partition coefficient (Wildman–Crippen LogP) is 1.61. The topological polar surface area (TPSA) is 50.3 Å². The standard InChI is InChI=1S/C10H12ClFN2O2S/c11-8-2-1-3-14(7-8)17(15,16)10-4-9(12)5-13-6-10/h4-6,8H,1-3,7H2/t8-/m0/s1. The van der Waals surface area contributed by atoms with Gasteiger partial charge in [-0.2, -0.15) is 4.31 Å². The Morgan fingerprint density at radius 2 is 2.24 bits per heavy atom. The van der Waals surface area contributed by atoms with Crippen molar-refractivity contribution in [1.29, 1.82) is 0 Å². The number of aromatic nitrogens is 1. The van der Waals surface area contributed by atoms with Crippen LogP contribution in [0.5, 0.6) is 0 Å². The third-order valence-corrected chi connectivity index (χ3v) is 4.83. The van der Waals surface area contributed by atoms with Crippen molar-refractivity contribution in [2.75, 3.05) is 13.1 Å². The fourth-order valence-corrected chi connectivity index (χ4v) is 3.70. The lowest BCUT2D eigenvalue weighted by Crippen LogP contribution is -2.40. The average molecular weight is 279 g/mol. The summed E-state index contributed by atoms with van der Waals surface area (Å²) in [7, 11) is -3.67. The van der Waals surface area contributed by atoms with E-state index in [1.54, 1.807) is 0 Å². The van der Waals surface area contributed by atoms with Crippen molar-refractivity contribution in [2.45, 2.75) is 23.1 Å². The molecule has 1 atom stereocenters. The summed E-state index contributed by atoms with van der Waals surface area (Å²) in [4.78, 5) is 3.43. The molecule has 1 aliphatic heterocycles. The largest absolute Gasteiger partial charge is 0.260 e. The fraction of sp³-hybridized carbons (Fsp3) is 0.500. The quantitative estimate of drug-likeness (QED) is 0.773. The van der Waals surface area contributed by atoms with Crippen LogP contribution in [0.25, 0.3) is 0 Å². The maximum absolute atomic E-state index is 13.0. The molecular weight excluding hydrogens is 267 g/mol. The number of halogens is 2. The molecule has 17 heavy (non-hydrogen) atoms. The van der Waals surface area contributed by atoms with Crippen LogP contribution in [-0.2, 0) is 10.0 Å². The van der Waals surface area contributed by atoms with E-state index in [1.165, 1.54) is 4.31 Å². The molecule has 1 aliphatic rings. The second-order valence-corrected chi connectivity index (χ2v) is 6.50. The van der Waals surface area contributed by atoms with E-state index in [-0.39, 0.29) is 16.8 Å². The molecule has 0 unspecified atom stereocenters. The van der Waals surface area contributed by atoms with Gasteiger partial charge in [0.25, 0.3) is 0 Å². The fourth-order valence-electron chi connectivity index (χ4n) is 1.79. The van der Waals surface area contributed by atoms with Crippen LogP contribution in [0.2, 0.25) is 0 Å². The zero-order valence-electron chi connectivity index (χ0n) is 9.01. The third kappa shape index (κ3) is 2.75. The summed E-state index contributed by atoms with van der Waals surface area (Å²) >= 11 is 5.94. The van der Waals surface area contributed by atoms with Gasteiger partial charge in [0.2, 0.25) is 10.0 Å². The van der Waals surface area contributed by atoms with Crippen molar-refractivity contribution in [3.05, 3.63) is 24.3 Å². The summed E-state index contributed by atoms with van der Waals surface area (Å²) in [6, 6.07) is 0.972. The molecule has 0 spiro atoms. The van der Waals surface area contributed by atoms with Crippen LogP contribution in [-0.4, -0.2) is 36.2 Å². The van der Waals surface area contributed by atoms with E-state index in [0.29, 0.717) is 6.54 Å². The van der Waals surface area contributed by atoms with Gasteiger partial charge in [-0.25, -0.2) is 12.8 Å². The van der Waals surface area contributed by atoms with Crippen molar-refractivity contribution in [1.82, 2.24) is 9.29 Å². The number of hydrogen-bond acceptors (Lipinski definition) is 3. The first-order valence-electron chi connectivity index (χ1n) is 5.25. The molecule has 1 saturated heterocycles. The molecule has 0 radical (unpaired) electrons.